The third kappa shape index (κ3) is 7.61. The maximum Gasteiger partial charge on any atom is 0.234 e. The number of nitrogens with one attached hydrogen (secondary N) is 2. The van der Waals surface area contributed by atoms with Crippen LogP contribution in [-0.2, 0) is 11.3 Å². The molecule has 1 aromatic carbocycles. The molecule has 0 spiro atoms. The maximum atomic E-state index is 12.0. The lowest BCUT2D eigenvalue weighted by atomic mass is 10.1. The topological polar surface area (TPSA) is 69.2 Å². The molecule has 1 saturated carbocycles. The summed E-state index contributed by atoms with van der Waals surface area (Å²) in [6.07, 6.45) is 2.27. The summed E-state index contributed by atoms with van der Waals surface area (Å²) in [5.41, 5.74) is 2.32. The van der Waals surface area contributed by atoms with Crippen LogP contribution in [0.4, 0.5) is 0 Å². The number of carbonyl (C=O) groups is 1. The Balaban J connectivity index is 0.00000320. The number of aliphatic imine (C=N–C) groups is 1. The summed E-state index contributed by atoms with van der Waals surface area (Å²) in [6, 6.07) is 6.69. The highest BCUT2D eigenvalue weighted by atomic mass is 127. The van der Waals surface area contributed by atoms with Gasteiger partial charge >= 0.3 is 0 Å². The van der Waals surface area contributed by atoms with Gasteiger partial charge in [-0.2, -0.15) is 0 Å². The molecule has 0 aromatic heterocycles. The molecule has 7 nitrogen and oxygen atoms in total. The van der Waals surface area contributed by atoms with Crippen LogP contribution in [0.3, 0.4) is 0 Å². The smallest absolute Gasteiger partial charge is 0.234 e. The highest BCUT2D eigenvalue weighted by molar-refractivity contribution is 14.0. The van der Waals surface area contributed by atoms with Gasteiger partial charge in [0.15, 0.2) is 5.96 Å². The minimum atomic E-state index is 0. The molecule has 1 aliphatic carbocycles. The molecule has 0 unspecified atom stereocenters. The summed E-state index contributed by atoms with van der Waals surface area (Å²) in [4.78, 5) is 21.4. The lowest BCUT2D eigenvalue weighted by molar-refractivity contribution is -0.122. The van der Waals surface area contributed by atoms with Gasteiger partial charge in [0.2, 0.25) is 5.91 Å². The van der Waals surface area contributed by atoms with Crippen LogP contribution in [0, 0.1) is 6.92 Å². The van der Waals surface area contributed by atoms with Crippen molar-refractivity contribution in [3.63, 3.8) is 0 Å². The van der Waals surface area contributed by atoms with Gasteiger partial charge in [-0.05, 0) is 50.8 Å². The van der Waals surface area contributed by atoms with Crippen molar-refractivity contribution in [3.8, 4) is 5.75 Å². The molecule has 2 aliphatic rings. The van der Waals surface area contributed by atoms with Crippen molar-refractivity contribution in [3.05, 3.63) is 29.3 Å². The second-order valence-corrected chi connectivity index (χ2v) is 7.81. The van der Waals surface area contributed by atoms with E-state index in [4.69, 9.17) is 9.73 Å². The van der Waals surface area contributed by atoms with Crippen LogP contribution in [0.5, 0.6) is 5.75 Å². The van der Waals surface area contributed by atoms with Gasteiger partial charge in [-0.15, -0.1) is 24.0 Å². The number of aryl methyl sites for hydroxylation is 1. The Labute approximate surface area is 197 Å². The van der Waals surface area contributed by atoms with E-state index >= 15 is 0 Å². The van der Waals surface area contributed by atoms with E-state index in [0.29, 0.717) is 25.7 Å². The van der Waals surface area contributed by atoms with E-state index in [1.165, 1.54) is 5.56 Å². The predicted molar refractivity (Wildman–Crippen MR) is 132 cm³/mol. The second-order valence-electron chi connectivity index (χ2n) is 7.81. The zero-order chi connectivity index (χ0) is 20.6. The number of nitrogens with zero attached hydrogens (tertiary/aromatic N) is 3. The van der Waals surface area contributed by atoms with Gasteiger partial charge < -0.3 is 20.3 Å². The van der Waals surface area contributed by atoms with Gasteiger partial charge in [0.05, 0.1) is 19.7 Å². The van der Waals surface area contributed by atoms with Crippen molar-refractivity contribution in [1.82, 2.24) is 20.4 Å². The molecule has 0 atom stereocenters. The molecule has 1 amide bonds. The van der Waals surface area contributed by atoms with Crippen molar-refractivity contribution in [2.45, 2.75) is 46.2 Å². The van der Waals surface area contributed by atoms with Crippen LogP contribution in [0.25, 0.3) is 0 Å². The van der Waals surface area contributed by atoms with Gasteiger partial charge in [0.1, 0.15) is 5.75 Å². The number of ether oxygens (including phenoxy) is 1. The second kappa shape index (κ2) is 12.3. The van der Waals surface area contributed by atoms with Crippen molar-refractivity contribution < 1.29 is 9.53 Å². The molecule has 3 rings (SSSR count). The highest BCUT2D eigenvalue weighted by Gasteiger charge is 2.25. The first kappa shape index (κ1) is 24.7. The van der Waals surface area contributed by atoms with Crippen LogP contribution >= 0.6 is 24.0 Å². The molecule has 1 aromatic rings. The molecule has 2 N–H and O–H groups in total. The number of rotatable bonds is 8. The van der Waals surface area contributed by atoms with E-state index in [-0.39, 0.29) is 29.9 Å². The third-order valence-electron chi connectivity index (χ3n) is 5.27. The lowest BCUT2D eigenvalue weighted by Crippen LogP contribution is -2.54. The first-order valence-corrected chi connectivity index (χ1v) is 10.9. The Kier molecular flexibility index (Phi) is 10.2. The SMILES string of the molecule is CCNC(=NCc1ccc(OCC)c(C)c1)N1CCN(CC(=O)NC2CC2)CC1.I. The van der Waals surface area contributed by atoms with Crippen LogP contribution in [0.1, 0.15) is 37.8 Å². The Morgan fingerprint density at radius 2 is 1.93 bits per heavy atom. The fraction of sp³-hybridized carbons (Fsp3) is 0.636. The monoisotopic (exact) mass is 529 g/mol. The van der Waals surface area contributed by atoms with E-state index in [2.05, 4.69) is 46.4 Å². The summed E-state index contributed by atoms with van der Waals surface area (Å²) in [5.74, 6) is 2.04. The molecule has 1 saturated heterocycles. The molecule has 1 aliphatic heterocycles. The average molecular weight is 529 g/mol. The number of benzene rings is 1. The Bertz CT molecular complexity index is 715. The zero-order valence-corrected chi connectivity index (χ0v) is 20.8. The number of amides is 1. The number of halogens is 1. The molecule has 2 fully saturated rings. The minimum absolute atomic E-state index is 0. The van der Waals surface area contributed by atoms with E-state index in [1.807, 2.05) is 13.0 Å². The molecule has 30 heavy (non-hydrogen) atoms. The van der Waals surface area contributed by atoms with Crippen molar-refractivity contribution in [2.75, 3.05) is 45.9 Å². The molecule has 0 bridgehead atoms. The Morgan fingerprint density at radius 3 is 2.53 bits per heavy atom. The molecule has 0 radical (unpaired) electrons. The Morgan fingerprint density at radius 1 is 1.20 bits per heavy atom. The predicted octanol–water partition coefficient (Wildman–Crippen LogP) is 2.37. The maximum absolute atomic E-state index is 12.0. The molecule has 168 valence electrons. The first-order chi connectivity index (χ1) is 14.1. The van der Waals surface area contributed by atoms with Crippen LogP contribution in [0.2, 0.25) is 0 Å². The fourth-order valence-electron chi connectivity index (χ4n) is 3.54. The summed E-state index contributed by atoms with van der Waals surface area (Å²) < 4.78 is 5.62. The van der Waals surface area contributed by atoms with E-state index in [1.54, 1.807) is 0 Å². The summed E-state index contributed by atoms with van der Waals surface area (Å²) >= 11 is 0. The summed E-state index contributed by atoms with van der Waals surface area (Å²) in [5, 5.41) is 6.48. The van der Waals surface area contributed by atoms with Crippen molar-refractivity contribution in [1.29, 1.82) is 0 Å². The lowest BCUT2D eigenvalue weighted by Gasteiger charge is -2.36. The van der Waals surface area contributed by atoms with Gasteiger partial charge in [-0.1, -0.05) is 12.1 Å². The summed E-state index contributed by atoms with van der Waals surface area (Å²) in [7, 11) is 0. The van der Waals surface area contributed by atoms with Crippen molar-refractivity contribution >= 4 is 35.8 Å². The zero-order valence-electron chi connectivity index (χ0n) is 18.4. The van der Waals surface area contributed by atoms with Gasteiger partial charge in [0, 0.05) is 38.8 Å². The molecule has 8 heteroatoms. The van der Waals surface area contributed by atoms with Crippen LogP contribution < -0.4 is 15.4 Å². The average Bonchev–Trinajstić information content (AvgIpc) is 3.52. The van der Waals surface area contributed by atoms with Crippen LogP contribution in [-0.4, -0.2) is 73.6 Å². The number of piperazine rings is 1. The van der Waals surface area contributed by atoms with E-state index in [9.17, 15) is 4.79 Å². The molecular weight excluding hydrogens is 493 g/mol. The number of carbonyl (C=O) groups excluding carboxylic acids is 1. The quantitative estimate of drug-likeness (QED) is 0.308. The normalized spacial score (nSPS) is 17.3. The van der Waals surface area contributed by atoms with Gasteiger partial charge in [-0.3, -0.25) is 9.69 Å². The third-order valence-corrected chi connectivity index (χ3v) is 5.27. The summed E-state index contributed by atoms with van der Waals surface area (Å²) in [6.45, 7) is 12.3. The first-order valence-electron chi connectivity index (χ1n) is 10.9. The number of hydrogen-bond donors (Lipinski definition) is 2. The van der Waals surface area contributed by atoms with Gasteiger partial charge in [0.25, 0.3) is 0 Å². The largest absolute Gasteiger partial charge is 0.494 e. The highest BCUT2D eigenvalue weighted by Crippen LogP contribution is 2.20. The van der Waals surface area contributed by atoms with Crippen molar-refractivity contribution in [2.24, 2.45) is 4.99 Å². The van der Waals surface area contributed by atoms with Crippen LogP contribution in [0.15, 0.2) is 23.2 Å². The number of hydrogen-bond acceptors (Lipinski definition) is 4. The Hall–Kier alpha value is -1.55. The number of guanidine groups is 1. The standard InChI is InChI=1S/C22H35N5O2.HI/c1-4-23-22(24-15-18-6-9-20(29-5-2)17(3)14-18)27-12-10-26(11-13-27)16-21(28)25-19-7-8-19;/h6,9,14,19H,4-5,7-8,10-13,15-16H2,1-3H3,(H,23,24)(H,25,28);1H. The molecule has 1 heterocycles. The van der Waals surface area contributed by atoms with E-state index in [0.717, 1.165) is 62.8 Å². The van der Waals surface area contributed by atoms with E-state index < -0.39 is 0 Å². The molecular formula is C22H36IN5O2. The minimum Gasteiger partial charge on any atom is -0.494 e. The van der Waals surface area contributed by atoms with Gasteiger partial charge in [-0.25, -0.2) is 4.99 Å². The fourth-order valence-corrected chi connectivity index (χ4v) is 3.54.